The summed E-state index contributed by atoms with van der Waals surface area (Å²) in [6.07, 6.45) is 3.65. The van der Waals surface area contributed by atoms with E-state index in [4.69, 9.17) is 5.11 Å². The van der Waals surface area contributed by atoms with Crippen molar-refractivity contribution in [3.63, 3.8) is 0 Å². The third kappa shape index (κ3) is 3.69. The number of aliphatic carboxylic acids is 1. The first-order valence-corrected chi connectivity index (χ1v) is 5.94. The van der Waals surface area contributed by atoms with E-state index in [1.54, 1.807) is 0 Å². The molecule has 0 bridgehead atoms. The van der Waals surface area contributed by atoms with E-state index in [1.807, 2.05) is 18.2 Å². The molecule has 0 aromatic heterocycles. The predicted octanol–water partition coefficient (Wildman–Crippen LogP) is 3.61. The monoisotopic (exact) mass is 220 g/mol. The molecule has 0 saturated heterocycles. The van der Waals surface area contributed by atoms with Gasteiger partial charge in [0, 0.05) is 0 Å². The SMILES string of the molecule is CCCC[C@@H](C)c1ccccc1CC(=O)O. The van der Waals surface area contributed by atoms with E-state index >= 15 is 0 Å². The Balaban J connectivity index is 2.80. The van der Waals surface area contributed by atoms with Gasteiger partial charge in [0.05, 0.1) is 6.42 Å². The third-order valence-corrected chi connectivity index (χ3v) is 2.92. The van der Waals surface area contributed by atoms with Crippen molar-refractivity contribution in [2.75, 3.05) is 0 Å². The average Bonchev–Trinajstić information content (AvgIpc) is 2.26. The highest BCUT2D eigenvalue weighted by Gasteiger charge is 2.11. The normalized spacial score (nSPS) is 12.4. The van der Waals surface area contributed by atoms with Crippen LogP contribution in [-0.4, -0.2) is 11.1 Å². The fraction of sp³-hybridized carbons (Fsp3) is 0.500. The maximum Gasteiger partial charge on any atom is 0.307 e. The van der Waals surface area contributed by atoms with Gasteiger partial charge in [0.1, 0.15) is 0 Å². The summed E-state index contributed by atoms with van der Waals surface area (Å²) in [5, 5.41) is 8.85. The summed E-state index contributed by atoms with van der Waals surface area (Å²) < 4.78 is 0. The smallest absolute Gasteiger partial charge is 0.307 e. The van der Waals surface area contributed by atoms with E-state index in [0.717, 1.165) is 12.0 Å². The van der Waals surface area contributed by atoms with Gasteiger partial charge in [-0.1, -0.05) is 51.0 Å². The van der Waals surface area contributed by atoms with E-state index in [0.29, 0.717) is 5.92 Å². The molecule has 0 saturated carbocycles. The Kier molecular flexibility index (Phi) is 5.03. The van der Waals surface area contributed by atoms with Crippen LogP contribution in [0, 0.1) is 0 Å². The van der Waals surface area contributed by atoms with Crippen molar-refractivity contribution in [1.29, 1.82) is 0 Å². The van der Waals surface area contributed by atoms with E-state index in [2.05, 4.69) is 19.9 Å². The van der Waals surface area contributed by atoms with Crippen LogP contribution in [0.2, 0.25) is 0 Å². The van der Waals surface area contributed by atoms with Crippen molar-refractivity contribution in [2.24, 2.45) is 0 Å². The molecule has 0 aliphatic heterocycles. The summed E-state index contributed by atoms with van der Waals surface area (Å²) in [5.41, 5.74) is 2.15. The van der Waals surface area contributed by atoms with Crippen LogP contribution in [0.3, 0.4) is 0 Å². The van der Waals surface area contributed by atoms with Crippen molar-refractivity contribution in [3.8, 4) is 0 Å². The lowest BCUT2D eigenvalue weighted by molar-refractivity contribution is -0.136. The summed E-state index contributed by atoms with van der Waals surface area (Å²) in [6, 6.07) is 7.88. The number of carboxylic acids is 1. The molecule has 1 rings (SSSR count). The van der Waals surface area contributed by atoms with Crippen molar-refractivity contribution in [1.82, 2.24) is 0 Å². The number of benzene rings is 1. The highest BCUT2D eigenvalue weighted by atomic mass is 16.4. The molecule has 2 heteroatoms. The number of hydrogen-bond donors (Lipinski definition) is 1. The largest absolute Gasteiger partial charge is 0.481 e. The molecule has 1 N–H and O–H groups in total. The van der Waals surface area contributed by atoms with Gasteiger partial charge in [-0.15, -0.1) is 0 Å². The summed E-state index contributed by atoms with van der Waals surface area (Å²) in [6.45, 7) is 4.35. The molecule has 16 heavy (non-hydrogen) atoms. The van der Waals surface area contributed by atoms with Gasteiger partial charge >= 0.3 is 5.97 Å². The number of unbranched alkanes of at least 4 members (excludes halogenated alkanes) is 1. The van der Waals surface area contributed by atoms with Crippen LogP contribution in [0.15, 0.2) is 24.3 Å². The van der Waals surface area contributed by atoms with Crippen molar-refractivity contribution in [2.45, 2.75) is 45.4 Å². The van der Waals surface area contributed by atoms with Crippen LogP contribution >= 0.6 is 0 Å². The zero-order valence-electron chi connectivity index (χ0n) is 10.1. The second kappa shape index (κ2) is 6.31. The number of carbonyl (C=O) groups is 1. The third-order valence-electron chi connectivity index (χ3n) is 2.92. The molecule has 0 fully saturated rings. The number of rotatable bonds is 6. The van der Waals surface area contributed by atoms with Gasteiger partial charge < -0.3 is 5.11 Å². The van der Waals surface area contributed by atoms with E-state index < -0.39 is 5.97 Å². The molecule has 88 valence electrons. The van der Waals surface area contributed by atoms with Gasteiger partial charge in [-0.05, 0) is 23.5 Å². The first-order valence-electron chi connectivity index (χ1n) is 5.94. The lowest BCUT2D eigenvalue weighted by Gasteiger charge is -2.15. The van der Waals surface area contributed by atoms with Crippen molar-refractivity contribution in [3.05, 3.63) is 35.4 Å². The zero-order valence-corrected chi connectivity index (χ0v) is 10.1. The van der Waals surface area contributed by atoms with E-state index in [9.17, 15) is 4.79 Å². The van der Waals surface area contributed by atoms with Crippen LogP contribution in [-0.2, 0) is 11.2 Å². The molecule has 0 aliphatic carbocycles. The zero-order chi connectivity index (χ0) is 12.0. The molecule has 1 aromatic carbocycles. The Morgan fingerprint density at radius 1 is 1.38 bits per heavy atom. The highest BCUT2D eigenvalue weighted by molar-refractivity contribution is 5.70. The fourth-order valence-electron chi connectivity index (χ4n) is 2.00. The van der Waals surface area contributed by atoms with Crippen LogP contribution in [0.4, 0.5) is 0 Å². The van der Waals surface area contributed by atoms with Crippen LogP contribution in [0.25, 0.3) is 0 Å². The summed E-state index contributed by atoms with van der Waals surface area (Å²) in [7, 11) is 0. The predicted molar refractivity (Wildman–Crippen MR) is 65.7 cm³/mol. The molecule has 0 spiro atoms. The minimum atomic E-state index is -0.754. The molecule has 1 atom stereocenters. The molecule has 1 aromatic rings. The first kappa shape index (κ1) is 12.8. The van der Waals surface area contributed by atoms with E-state index in [1.165, 1.54) is 18.4 Å². The maximum absolute atomic E-state index is 10.8. The Hall–Kier alpha value is -1.31. The molecule has 0 aliphatic rings. The van der Waals surface area contributed by atoms with Crippen LogP contribution < -0.4 is 0 Å². The summed E-state index contributed by atoms with van der Waals surface area (Å²) >= 11 is 0. The standard InChI is InChI=1S/C14H20O2/c1-3-4-7-11(2)13-9-6-5-8-12(13)10-14(15)16/h5-6,8-9,11H,3-4,7,10H2,1-2H3,(H,15,16)/t11-/m1/s1. The summed E-state index contributed by atoms with van der Waals surface area (Å²) in [5.74, 6) is -0.300. The maximum atomic E-state index is 10.8. The van der Waals surface area contributed by atoms with Gasteiger partial charge in [0.15, 0.2) is 0 Å². The minimum absolute atomic E-state index is 0.132. The number of carboxylic acid groups (broad SMARTS) is 1. The fourth-order valence-corrected chi connectivity index (χ4v) is 2.00. The number of hydrogen-bond acceptors (Lipinski definition) is 1. The quantitative estimate of drug-likeness (QED) is 0.795. The highest BCUT2D eigenvalue weighted by Crippen LogP contribution is 2.25. The Labute approximate surface area is 97.3 Å². The first-order chi connectivity index (χ1) is 7.65. The van der Waals surface area contributed by atoms with Gasteiger partial charge in [0.2, 0.25) is 0 Å². The topological polar surface area (TPSA) is 37.3 Å². The second-order valence-corrected chi connectivity index (χ2v) is 4.31. The van der Waals surface area contributed by atoms with Gasteiger partial charge in [-0.3, -0.25) is 4.79 Å². The molecule has 0 amide bonds. The minimum Gasteiger partial charge on any atom is -0.481 e. The van der Waals surface area contributed by atoms with Gasteiger partial charge in [-0.25, -0.2) is 0 Å². The molecule has 0 heterocycles. The average molecular weight is 220 g/mol. The Morgan fingerprint density at radius 2 is 2.06 bits per heavy atom. The van der Waals surface area contributed by atoms with Crippen LogP contribution in [0.5, 0.6) is 0 Å². The van der Waals surface area contributed by atoms with Gasteiger partial charge in [0.25, 0.3) is 0 Å². The molecular formula is C14H20O2. The molecule has 0 unspecified atom stereocenters. The van der Waals surface area contributed by atoms with Crippen LogP contribution in [0.1, 0.15) is 50.2 Å². The van der Waals surface area contributed by atoms with E-state index in [-0.39, 0.29) is 6.42 Å². The lowest BCUT2D eigenvalue weighted by atomic mass is 9.90. The second-order valence-electron chi connectivity index (χ2n) is 4.31. The van der Waals surface area contributed by atoms with Crippen molar-refractivity contribution >= 4 is 5.97 Å². The molecular weight excluding hydrogens is 200 g/mol. The lowest BCUT2D eigenvalue weighted by Crippen LogP contribution is -2.05. The Morgan fingerprint density at radius 3 is 2.69 bits per heavy atom. The van der Waals surface area contributed by atoms with Crippen molar-refractivity contribution < 1.29 is 9.90 Å². The Bertz CT molecular complexity index is 344. The van der Waals surface area contributed by atoms with Gasteiger partial charge in [-0.2, -0.15) is 0 Å². The molecule has 2 nitrogen and oxygen atoms in total. The summed E-state index contributed by atoms with van der Waals surface area (Å²) in [4.78, 5) is 10.8. The molecule has 0 radical (unpaired) electrons.